The zero-order valence-corrected chi connectivity index (χ0v) is 19.5. The highest BCUT2D eigenvalue weighted by molar-refractivity contribution is 7.45. The van der Waals surface area contributed by atoms with Crippen LogP contribution in [0, 0.1) is 13.8 Å². The molecule has 0 aliphatic rings. The molecule has 9 heteroatoms. The first-order valence-electron chi connectivity index (χ1n) is 9.78. The first-order chi connectivity index (χ1) is 13.5. The molecule has 0 aliphatic carbocycles. The van der Waals surface area contributed by atoms with Gasteiger partial charge in [-0.25, -0.2) is 4.57 Å². The van der Waals surface area contributed by atoms with Gasteiger partial charge in [-0.2, -0.15) is 0 Å². The summed E-state index contributed by atoms with van der Waals surface area (Å²) in [5.41, 5.74) is 4.41. The Hall–Kier alpha value is -1.21. The Morgan fingerprint density at radius 3 is 2.31 bits per heavy atom. The molecule has 2 aromatic rings. The average Bonchev–Trinajstić information content (AvgIpc) is 2.61. The third-order valence-electron chi connectivity index (χ3n) is 4.73. The lowest BCUT2D eigenvalue weighted by molar-refractivity contribution is 0.275. The molecule has 7 nitrogen and oxygen atoms in total. The van der Waals surface area contributed by atoms with E-state index in [2.05, 4.69) is 49.0 Å². The van der Waals surface area contributed by atoms with Crippen LogP contribution >= 0.6 is 19.4 Å². The summed E-state index contributed by atoms with van der Waals surface area (Å²) in [5.74, 6) is 0. The summed E-state index contributed by atoms with van der Waals surface area (Å²) in [5, 5.41) is 5.64. The molecule has 0 saturated carbocycles. The molecule has 0 radical (unpaired) electrons. The molecule has 164 valence electrons. The maximum atomic E-state index is 8.88. The SMILES string of the molecule is CCN(CC)CCCC(C)Nc1c(C)cnc2cc(Cl)c(C)cc12.O=P(O)(O)O. The standard InChI is InChI=1S/C20H30ClN3.H3O4P/c1-6-24(7-2)10-8-9-16(5)23-20-15(4)13-22-19-12-18(21)14(3)11-17(19)20;1-5(2,3)4/h11-13,16H,6-10H2,1-5H3,(H,22,23);(H3,1,2,3,4). The smallest absolute Gasteiger partial charge is 0.382 e. The first kappa shape index (κ1) is 25.8. The van der Waals surface area contributed by atoms with E-state index in [-0.39, 0.29) is 0 Å². The summed E-state index contributed by atoms with van der Waals surface area (Å²) >= 11 is 6.25. The number of nitrogens with one attached hydrogen (secondary N) is 1. The molecule has 0 bridgehead atoms. The first-order valence-corrected chi connectivity index (χ1v) is 11.7. The van der Waals surface area contributed by atoms with Crippen molar-refractivity contribution < 1.29 is 19.2 Å². The zero-order valence-electron chi connectivity index (χ0n) is 17.8. The number of fused-ring (bicyclic) bond motifs is 1. The average molecular weight is 446 g/mol. The van der Waals surface area contributed by atoms with E-state index >= 15 is 0 Å². The molecule has 1 atom stereocenters. The Balaban J connectivity index is 0.000000749. The molecular formula is C20H33ClN3O4P. The molecule has 0 saturated heterocycles. The zero-order chi connectivity index (χ0) is 22.2. The van der Waals surface area contributed by atoms with Crippen LogP contribution in [0.25, 0.3) is 10.9 Å². The lowest BCUT2D eigenvalue weighted by atomic mass is 10.1. The van der Waals surface area contributed by atoms with Crippen molar-refractivity contribution >= 4 is 36.0 Å². The molecule has 0 aliphatic heterocycles. The summed E-state index contributed by atoms with van der Waals surface area (Å²) in [6.07, 6.45) is 4.30. The van der Waals surface area contributed by atoms with Crippen molar-refractivity contribution in [2.45, 2.75) is 53.5 Å². The molecule has 1 heterocycles. The van der Waals surface area contributed by atoms with Crippen LogP contribution in [0.4, 0.5) is 5.69 Å². The van der Waals surface area contributed by atoms with E-state index in [0.29, 0.717) is 6.04 Å². The van der Waals surface area contributed by atoms with Crippen LogP contribution in [0.3, 0.4) is 0 Å². The summed E-state index contributed by atoms with van der Waals surface area (Å²) in [6, 6.07) is 4.53. The van der Waals surface area contributed by atoms with E-state index in [1.54, 1.807) is 0 Å². The Morgan fingerprint density at radius 1 is 1.17 bits per heavy atom. The summed E-state index contributed by atoms with van der Waals surface area (Å²) in [4.78, 5) is 28.6. The van der Waals surface area contributed by atoms with Gasteiger partial charge < -0.3 is 24.9 Å². The fourth-order valence-corrected chi connectivity index (χ4v) is 3.25. The number of aromatic nitrogens is 1. The highest BCUT2D eigenvalue weighted by Gasteiger charge is 2.11. The minimum absolute atomic E-state index is 0.431. The molecule has 29 heavy (non-hydrogen) atoms. The van der Waals surface area contributed by atoms with Gasteiger partial charge in [0, 0.05) is 28.3 Å². The van der Waals surface area contributed by atoms with Crippen LogP contribution in [0.2, 0.25) is 5.02 Å². The largest absolute Gasteiger partial charge is 0.466 e. The second-order valence-electron chi connectivity index (χ2n) is 7.16. The van der Waals surface area contributed by atoms with E-state index in [0.717, 1.165) is 41.0 Å². The normalized spacial score (nSPS) is 12.6. The second-order valence-corrected chi connectivity index (χ2v) is 8.60. The van der Waals surface area contributed by atoms with Crippen molar-refractivity contribution in [1.29, 1.82) is 0 Å². The number of pyridine rings is 1. The molecule has 1 aromatic carbocycles. The molecular weight excluding hydrogens is 413 g/mol. The van der Waals surface area contributed by atoms with E-state index in [9.17, 15) is 0 Å². The fourth-order valence-electron chi connectivity index (χ4n) is 3.09. The minimum Gasteiger partial charge on any atom is -0.382 e. The Bertz CT molecular complexity index is 832. The third kappa shape index (κ3) is 9.43. The highest BCUT2D eigenvalue weighted by Crippen LogP contribution is 2.30. The van der Waals surface area contributed by atoms with Crippen LogP contribution in [-0.4, -0.2) is 50.2 Å². The lowest BCUT2D eigenvalue weighted by Gasteiger charge is -2.22. The summed E-state index contributed by atoms with van der Waals surface area (Å²) in [7, 11) is -4.64. The van der Waals surface area contributed by atoms with E-state index in [4.69, 9.17) is 30.8 Å². The predicted molar refractivity (Wildman–Crippen MR) is 121 cm³/mol. The number of phosphoric acid groups is 1. The number of hydrogen-bond acceptors (Lipinski definition) is 4. The molecule has 4 N–H and O–H groups in total. The van der Waals surface area contributed by atoms with Crippen molar-refractivity contribution in [3.63, 3.8) is 0 Å². The van der Waals surface area contributed by atoms with E-state index in [1.165, 1.54) is 24.2 Å². The maximum Gasteiger partial charge on any atom is 0.466 e. The van der Waals surface area contributed by atoms with Crippen molar-refractivity contribution in [2.75, 3.05) is 25.0 Å². The monoisotopic (exact) mass is 445 g/mol. The topological polar surface area (TPSA) is 106 Å². The molecule has 0 amide bonds. The fraction of sp³-hybridized carbons (Fsp3) is 0.550. The van der Waals surface area contributed by atoms with Crippen LogP contribution < -0.4 is 5.32 Å². The van der Waals surface area contributed by atoms with Gasteiger partial charge in [-0.05, 0) is 76.5 Å². The number of halogens is 1. The van der Waals surface area contributed by atoms with Crippen molar-refractivity contribution in [2.24, 2.45) is 0 Å². The van der Waals surface area contributed by atoms with Crippen LogP contribution in [-0.2, 0) is 4.57 Å². The number of rotatable bonds is 8. The van der Waals surface area contributed by atoms with Gasteiger partial charge in [-0.1, -0.05) is 25.4 Å². The Labute approximate surface area is 178 Å². The van der Waals surface area contributed by atoms with Gasteiger partial charge in [0.2, 0.25) is 0 Å². The van der Waals surface area contributed by atoms with Gasteiger partial charge in [-0.15, -0.1) is 0 Å². The van der Waals surface area contributed by atoms with Gasteiger partial charge in [0.15, 0.2) is 0 Å². The van der Waals surface area contributed by atoms with Crippen LogP contribution in [0.15, 0.2) is 18.3 Å². The van der Waals surface area contributed by atoms with Gasteiger partial charge >= 0.3 is 7.82 Å². The van der Waals surface area contributed by atoms with Crippen molar-refractivity contribution in [3.8, 4) is 0 Å². The number of anilines is 1. The van der Waals surface area contributed by atoms with Crippen molar-refractivity contribution in [3.05, 3.63) is 34.5 Å². The number of nitrogens with zero attached hydrogens (tertiary/aromatic N) is 2. The van der Waals surface area contributed by atoms with Gasteiger partial charge in [0.05, 0.1) is 5.52 Å². The maximum absolute atomic E-state index is 8.88. The van der Waals surface area contributed by atoms with Gasteiger partial charge in [-0.3, -0.25) is 4.98 Å². The second kappa shape index (κ2) is 11.8. The van der Waals surface area contributed by atoms with E-state index in [1.807, 2.05) is 19.2 Å². The van der Waals surface area contributed by atoms with Gasteiger partial charge in [0.25, 0.3) is 0 Å². The number of benzene rings is 1. The predicted octanol–water partition coefficient (Wildman–Crippen LogP) is 4.50. The summed E-state index contributed by atoms with van der Waals surface area (Å²) < 4.78 is 8.88. The van der Waals surface area contributed by atoms with Gasteiger partial charge in [0.1, 0.15) is 0 Å². The number of hydrogen-bond donors (Lipinski definition) is 4. The molecule has 2 rings (SSSR count). The molecule has 0 spiro atoms. The van der Waals surface area contributed by atoms with Crippen molar-refractivity contribution in [1.82, 2.24) is 9.88 Å². The molecule has 1 unspecified atom stereocenters. The third-order valence-corrected chi connectivity index (χ3v) is 5.14. The highest BCUT2D eigenvalue weighted by atomic mass is 35.5. The Morgan fingerprint density at radius 2 is 1.76 bits per heavy atom. The lowest BCUT2D eigenvalue weighted by Crippen LogP contribution is -2.25. The minimum atomic E-state index is -4.64. The summed E-state index contributed by atoms with van der Waals surface area (Å²) in [6.45, 7) is 14.3. The Kier molecular flexibility index (Phi) is 10.5. The molecule has 0 fully saturated rings. The van der Waals surface area contributed by atoms with E-state index < -0.39 is 7.82 Å². The van der Waals surface area contributed by atoms with Crippen LogP contribution in [0.5, 0.6) is 0 Å². The molecule has 1 aromatic heterocycles. The van der Waals surface area contributed by atoms with Crippen LogP contribution in [0.1, 0.15) is 44.7 Å². The quantitative estimate of drug-likeness (QED) is 0.443. The number of aryl methyl sites for hydroxylation is 2.